The first-order valence-corrected chi connectivity index (χ1v) is 9.30. The van der Waals surface area contributed by atoms with Gasteiger partial charge in [0.2, 0.25) is 0 Å². The number of aromatic nitrogens is 1. The van der Waals surface area contributed by atoms with E-state index in [0.717, 1.165) is 28.3 Å². The van der Waals surface area contributed by atoms with Gasteiger partial charge in [-0.15, -0.1) is 0 Å². The van der Waals surface area contributed by atoms with Gasteiger partial charge < -0.3 is 15.4 Å². The predicted octanol–water partition coefficient (Wildman–Crippen LogP) is 5.40. The number of nitrogens with one attached hydrogen (secondary N) is 2. The molecular weight excluding hydrogens is 350 g/mol. The van der Waals surface area contributed by atoms with Crippen LogP contribution in [0.3, 0.4) is 0 Å². The van der Waals surface area contributed by atoms with Gasteiger partial charge in [-0.05, 0) is 69.2 Å². The summed E-state index contributed by atoms with van der Waals surface area (Å²) in [7, 11) is 0. The van der Waals surface area contributed by atoms with Crippen LogP contribution >= 0.6 is 0 Å². The molecule has 144 valence electrons. The Morgan fingerprint density at radius 3 is 2.29 bits per heavy atom. The van der Waals surface area contributed by atoms with E-state index in [0.29, 0.717) is 17.9 Å². The second-order valence-corrected chi connectivity index (χ2v) is 6.77. The third-order valence-corrected chi connectivity index (χ3v) is 4.37. The number of hydrogen-bond donors (Lipinski definition) is 2. The van der Waals surface area contributed by atoms with Gasteiger partial charge in [-0.25, -0.2) is 0 Å². The lowest BCUT2D eigenvalue weighted by atomic mass is 10.0. The number of nitrogens with zero attached hydrogens (tertiary/aromatic N) is 1. The molecule has 5 nitrogen and oxygen atoms in total. The van der Waals surface area contributed by atoms with E-state index < -0.39 is 0 Å². The molecule has 0 aliphatic carbocycles. The van der Waals surface area contributed by atoms with Crippen LogP contribution in [0.2, 0.25) is 0 Å². The number of benzene rings is 2. The van der Waals surface area contributed by atoms with Crippen molar-refractivity contribution in [2.24, 2.45) is 0 Å². The predicted molar refractivity (Wildman–Crippen MR) is 114 cm³/mol. The van der Waals surface area contributed by atoms with E-state index >= 15 is 0 Å². The average molecular weight is 375 g/mol. The minimum absolute atomic E-state index is 0.211. The van der Waals surface area contributed by atoms with Gasteiger partial charge in [0, 0.05) is 17.6 Å². The monoisotopic (exact) mass is 375 g/mol. The molecule has 0 radical (unpaired) electrons. The summed E-state index contributed by atoms with van der Waals surface area (Å²) >= 11 is 0. The second kappa shape index (κ2) is 8.57. The van der Waals surface area contributed by atoms with Gasteiger partial charge in [0.05, 0.1) is 24.1 Å². The topological polar surface area (TPSA) is 63.2 Å². The summed E-state index contributed by atoms with van der Waals surface area (Å²) in [4.78, 5) is 16.8. The molecule has 1 aromatic heterocycles. The molecule has 2 aromatic carbocycles. The second-order valence-electron chi connectivity index (χ2n) is 6.77. The zero-order valence-corrected chi connectivity index (χ0v) is 16.7. The third kappa shape index (κ3) is 4.68. The van der Waals surface area contributed by atoms with Crippen LogP contribution in [0, 0.1) is 20.8 Å². The molecule has 3 aromatic rings. The summed E-state index contributed by atoms with van der Waals surface area (Å²) in [5, 5.41) is 6.28. The molecule has 1 heterocycles. The van der Waals surface area contributed by atoms with Crippen molar-refractivity contribution in [3.63, 3.8) is 0 Å². The maximum Gasteiger partial charge on any atom is 0.257 e. The van der Waals surface area contributed by atoms with Crippen LogP contribution in [0.4, 0.5) is 17.1 Å². The summed E-state index contributed by atoms with van der Waals surface area (Å²) in [6.45, 7) is 8.76. The normalized spacial score (nSPS) is 10.4. The van der Waals surface area contributed by atoms with Crippen LogP contribution in [-0.2, 0) is 0 Å². The van der Waals surface area contributed by atoms with E-state index in [-0.39, 0.29) is 5.91 Å². The summed E-state index contributed by atoms with van der Waals surface area (Å²) in [6.07, 6.45) is 3.27. The maximum absolute atomic E-state index is 12.6. The standard InChI is InChI=1S/C23H25N3O2/c1-5-28-21-8-6-19(7-9-21)26-23(27)18-12-20(14-24-13-18)25-22-16(3)10-15(2)11-17(22)4/h6-14,25H,5H2,1-4H3,(H,26,27). The number of rotatable bonds is 6. The number of aryl methyl sites for hydroxylation is 3. The highest BCUT2D eigenvalue weighted by Crippen LogP contribution is 2.26. The minimum atomic E-state index is -0.211. The molecule has 0 saturated heterocycles. The quantitative estimate of drug-likeness (QED) is 0.605. The van der Waals surface area contributed by atoms with Crippen LogP contribution in [0.1, 0.15) is 34.0 Å². The SMILES string of the molecule is CCOc1ccc(NC(=O)c2cncc(Nc3c(C)cc(C)cc3C)c2)cc1. The lowest BCUT2D eigenvalue weighted by Crippen LogP contribution is -2.12. The molecule has 0 aliphatic rings. The molecule has 0 atom stereocenters. The maximum atomic E-state index is 12.6. The van der Waals surface area contributed by atoms with E-state index in [1.807, 2.05) is 31.2 Å². The zero-order chi connectivity index (χ0) is 20.1. The molecule has 3 rings (SSSR count). The molecule has 28 heavy (non-hydrogen) atoms. The molecule has 0 unspecified atom stereocenters. The van der Waals surface area contributed by atoms with Gasteiger partial charge in [-0.1, -0.05) is 17.7 Å². The Bertz CT molecular complexity index is 958. The Morgan fingerprint density at radius 2 is 1.64 bits per heavy atom. The number of amides is 1. The lowest BCUT2D eigenvalue weighted by molar-refractivity contribution is 0.102. The highest BCUT2D eigenvalue weighted by Gasteiger charge is 2.10. The first kappa shape index (κ1) is 19.4. The van der Waals surface area contributed by atoms with Crippen molar-refractivity contribution in [2.45, 2.75) is 27.7 Å². The largest absolute Gasteiger partial charge is 0.494 e. The van der Waals surface area contributed by atoms with Gasteiger partial charge in [-0.2, -0.15) is 0 Å². The molecule has 5 heteroatoms. The van der Waals surface area contributed by atoms with E-state index in [9.17, 15) is 4.79 Å². The van der Waals surface area contributed by atoms with Crippen LogP contribution in [-0.4, -0.2) is 17.5 Å². The van der Waals surface area contributed by atoms with E-state index in [1.165, 1.54) is 5.56 Å². The Labute approximate surface area is 165 Å². The van der Waals surface area contributed by atoms with Crippen molar-refractivity contribution in [1.82, 2.24) is 4.98 Å². The Hall–Kier alpha value is -3.34. The molecular formula is C23H25N3O2. The van der Waals surface area contributed by atoms with Crippen LogP contribution in [0.5, 0.6) is 5.75 Å². The fourth-order valence-electron chi connectivity index (χ4n) is 3.16. The number of carbonyl (C=O) groups is 1. The number of pyridine rings is 1. The van der Waals surface area contributed by atoms with Crippen molar-refractivity contribution in [1.29, 1.82) is 0 Å². The first-order chi connectivity index (χ1) is 13.5. The van der Waals surface area contributed by atoms with Gasteiger partial charge >= 0.3 is 0 Å². The minimum Gasteiger partial charge on any atom is -0.494 e. The van der Waals surface area contributed by atoms with Gasteiger partial charge in [0.1, 0.15) is 5.75 Å². The van der Waals surface area contributed by atoms with Crippen molar-refractivity contribution in [3.8, 4) is 5.75 Å². The van der Waals surface area contributed by atoms with Gasteiger partial charge in [0.15, 0.2) is 0 Å². The fourth-order valence-corrected chi connectivity index (χ4v) is 3.16. The third-order valence-electron chi connectivity index (χ3n) is 4.37. The molecule has 0 spiro atoms. The number of anilines is 3. The smallest absolute Gasteiger partial charge is 0.257 e. The van der Waals surface area contributed by atoms with E-state index in [2.05, 4.69) is 48.5 Å². The summed E-state index contributed by atoms with van der Waals surface area (Å²) in [5.74, 6) is 0.565. The fraction of sp³-hybridized carbons (Fsp3) is 0.217. The number of hydrogen-bond acceptors (Lipinski definition) is 4. The summed E-state index contributed by atoms with van der Waals surface area (Å²) < 4.78 is 5.42. The van der Waals surface area contributed by atoms with Crippen LogP contribution < -0.4 is 15.4 Å². The van der Waals surface area contributed by atoms with Crippen LogP contribution in [0.15, 0.2) is 54.9 Å². The highest BCUT2D eigenvalue weighted by molar-refractivity contribution is 6.04. The van der Waals surface area contributed by atoms with Gasteiger partial charge in [0.25, 0.3) is 5.91 Å². The Balaban J connectivity index is 1.74. The van der Waals surface area contributed by atoms with Crippen molar-refractivity contribution >= 4 is 23.0 Å². The number of carbonyl (C=O) groups excluding carboxylic acids is 1. The molecule has 0 fully saturated rings. The van der Waals surface area contributed by atoms with Gasteiger partial charge in [-0.3, -0.25) is 9.78 Å². The highest BCUT2D eigenvalue weighted by atomic mass is 16.5. The van der Waals surface area contributed by atoms with E-state index in [1.54, 1.807) is 18.5 Å². The van der Waals surface area contributed by atoms with E-state index in [4.69, 9.17) is 4.74 Å². The summed E-state index contributed by atoms with van der Waals surface area (Å²) in [5.41, 5.74) is 6.54. The van der Waals surface area contributed by atoms with Crippen LogP contribution in [0.25, 0.3) is 0 Å². The van der Waals surface area contributed by atoms with Crippen molar-refractivity contribution in [2.75, 3.05) is 17.2 Å². The Kier molecular flexibility index (Phi) is 5.94. The Morgan fingerprint density at radius 1 is 0.964 bits per heavy atom. The number of ether oxygens (including phenoxy) is 1. The molecule has 0 bridgehead atoms. The molecule has 2 N–H and O–H groups in total. The average Bonchev–Trinajstić information content (AvgIpc) is 2.66. The molecule has 0 aliphatic heterocycles. The molecule has 0 saturated carbocycles. The van der Waals surface area contributed by atoms with Crippen molar-refractivity contribution < 1.29 is 9.53 Å². The lowest BCUT2D eigenvalue weighted by Gasteiger charge is -2.14. The van der Waals surface area contributed by atoms with Crippen molar-refractivity contribution in [3.05, 3.63) is 77.1 Å². The molecule has 1 amide bonds. The summed E-state index contributed by atoms with van der Waals surface area (Å²) in [6, 6.07) is 13.4. The zero-order valence-electron chi connectivity index (χ0n) is 16.7. The first-order valence-electron chi connectivity index (χ1n) is 9.30.